The van der Waals surface area contributed by atoms with E-state index in [1.807, 2.05) is 37.3 Å². The van der Waals surface area contributed by atoms with Crippen molar-refractivity contribution < 1.29 is 40.7 Å². The van der Waals surface area contributed by atoms with Crippen LogP contribution in [0.3, 0.4) is 0 Å². The third-order valence-corrected chi connectivity index (χ3v) is 11.2. The number of unbranched alkanes of at least 4 members (excludes halogenated alkanes) is 2. The van der Waals surface area contributed by atoms with Gasteiger partial charge in [0.05, 0.1) is 31.0 Å². The molecule has 0 saturated carbocycles. The zero-order valence-electron chi connectivity index (χ0n) is 26.8. The van der Waals surface area contributed by atoms with Gasteiger partial charge in [-0.15, -0.1) is 0 Å². The Morgan fingerprint density at radius 2 is 1.40 bits per heavy atom. The van der Waals surface area contributed by atoms with E-state index in [2.05, 4.69) is 6.92 Å². The molecule has 4 unspecified atom stereocenters. The molecule has 2 aliphatic rings. The lowest BCUT2D eigenvalue weighted by Crippen LogP contribution is -2.17. The van der Waals surface area contributed by atoms with Gasteiger partial charge in [0, 0.05) is 17.9 Å². The Morgan fingerprint density at radius 1 is 0.792 bits per heavy atom. The van der Waals surface area contributed by atoms with Crippen molar-refractivity contribution in [3.05, 3.63) is 118 Å². The molecule has 6 rings (SSSR count). The molecule has 8 nitrogen and oxygen atoms in total. The van der Waals surface area contributed by atoms with Crippen molar-refractivity contribution in [2.45, 2.75) is 64.6 Å². The average molecular weight is 715 g/mol. The molecule has 4 aromatic carbocycles. The Hall–Kier alpha value is -3.00. The molecule has 2 heterocycles. The van der Waals surface area contributed by atoms with Gasteiger partial charge in [0.2, 0.25) is 0 Å². The fourth-order valence-corrected chi connectivity index (χ4v) is 8.84. The minimum absolute atomic E-state index is 0.0690. The first kappa shape index (κ1) is 34.8. The predicted molar refractivity (Wildman–Crippen MR) is 183 cm³/mol. The third kappa shape index (κ3) is 8.58. The predicted octanol–water partition coefficient (Wildman–Crippen LogP) is 11.5. The van der Waals surface area contributed by atoms with Gasteiger partial charge >= 0.3 is 15.6 Å². The first-order valence-corrected chi connectivity index (χ1v) is 19.4. The molecule has 0 aromatic heterocycles. The highest BCUT2D eigenvalue weighted by molar-refractivity contribution is 7.49. The smallest absolute Gasteiger partial charge is 0.403 e. The summed E-state index contributed by atoms with van der Waals surface area (Å²) in [4.78, 5) is 0. The maximum absolute atomic E-state index is 14.2. The second-order valence-corrected chi connectivity index (χ2v) is 15.4. The summed E-state index contributed by atoms with van der Waals surface area (Å²) in [7, 11) is -8.42. The molecule has 2 aliphatic heterocycles. The molecular weight excluding hydrogens is 677 g/mol. The summed E-state index contributed by atoms with van der Waals surface area (Å²) in [6.07, 6.45) is 3.03. The second kappa shape index (κ2) is 15.3. The van der Waals surface area contributed by atoms with Gasteiger partial charge in [0.15, 0.2) is 0 Å². The van der Waals surface area contributed by atoms with E-state index < -0.39 is 33.7 Å². The number of rotatable bonds is 11. The van der Waals surface area contributed by atoms with E-state index in [4.69, 9.17) is 38.7 Å². The van der Waals surface area contributed by atoms with Crippen LogP contribution in [0.1, 0.15) is 73.5 Å². The van der Waals surface area contributed by atoms with Crippen LogP contribution in [-0.2, 0) is 33.6 Å². The number of benzene rings is 4. The van der Waals surface area contributed by atoms with Crippen LogP contribution in [0.25, 0.3) is 11.1 Å². The van der Waals surface area contributed by atoms with Crippen molar-refractivity contribution in [1.82, 2.24) is 0 Å². The maximum Gasteiger partial charge on any atom is 0.530 e. The first-order valence-electron chi connectivity index (χ1n) is 16.1. The Labute approximate surface area is 285 Å². The zero-order chi connectivity index (χ0) is 33.7. The molecule has 4 atom stereocenters. The van der Waals surface area contributed by atoms with E-state index >= 15 is 0 Å². The summed E-state index contributed by atoms with van der Waals surface area (Å²) in [6.45, 7) is 4.25. The molecule has 2 saturated heterocycles. The fraction of sp³-hybridized carbons (Fsp3) is 0.333. The lowest BCUT2D eigenvalue weighted by Gasteiger charge is -2.31. The zero-order valence-corrected chi connectivity index (χ0v) is 29.4. The van der Waals surface area contributed by atoms with E-state index in [0.29, 0.717) is 41.0 Å². The van der Waals surface area contributed by atoms with Gasteiger partial charge < -0.3 is 9.05 Å². The summed E-state index contributed by atoms with van der Waals surface area (Å²) >= 11 is 6.23. The average Bonchev–Trinajstić information content (AvgIpc) is 3.04. The van der Waals surface area contributed by atoms with E-state index in [9.17, 15) is 13.5 Å². The van der Waals surface area contributed by atoms with E-state index in [0.717, 1.165) is 36.0 Å². The van der Waals surface area contributed by atoms with Crippen LogP contribution in [0, 0.1) is 12.7 Å². The molecule has 0 N–H and O–H groups in total. The van der Waals surface area contributed by atoms with Gasteiger partial charge in [-0.25, -0.2) is 13.5 Å². The molecule has 2 fully saturated rings. The SMILES string of the molecule is CCCCCc1cc(OP2(=O)OCCC(c3cccc(F)c3)O2)c(-c2cccc(C)c2)c(OP2(=O)OCCC(c3cccc(Cl)c3)O2)c1. The third-order valence-electron chi connectivity index (χ3n) is 8.13. The van der Waals surface area contributed by atoms with Crippen molar-refractivity contribution in [2.24, 2.45) is 0 Å². The summed E-state index contributed by atoms with van der Waals surface area (Å²) in [5.74, 6) is -0.103. The molecule has 0 bridgehead atoms. The Morgan fingerprint density at radius 3 is 1.98 bits per heavy atom. The number of phosphoric ester groups is 2. The van der Waals surface area contributed by atoms with Gasteiger partial charge in [-0.05, 0) is 78.4 Å². The quantitative estimate of drug-likeness (QED) is 0.112. The number of phosphoric acid groups is 2. The van der Waals surface area contributed by atoms with Crippen molar-refractivity contribution in [3.8, 4) is 22.6 Å². The highest BCUT2D eigenvalue weighted by atomic mass is 35.5. The largest absolute Gasteiger partial charge is 0.530 e. The van der Waals surface area contributed by atoms with E-state index in [1.54, 1.807) is 42.5 Å². The van der Waals surface area contributed by atoms with Crippen molar-refractivity contribution >= 4 is 27.2 Å². The maximum atomic E-state index is 14.2. The minimum atomic E-state index is -4.24. The molecule has 48 heavy (non-hydrogen) atoms. The van der Waals surface area contributed by atoms with Gasteiger partial charge in [0.1, 0.15) is 17.3 Å². The number of hydrogen-bond donors (Lipinski definition) is 0. The molecule has 12 heteroatoms. The van der Waals surface area contributed by atoms with Crippen LogP contribution < -0.4 is 9.05 Å². The highest BCUT2D eigenvalue weighted by Crippen LogP contribution is 2.61. The van der Waals surface area contributed by atoms with Crippen molar-refractivity contribution in [1.29, 1.82) is 0 Å². The topological polar surface area (TPSA) is 89.5 Å². The molecule has 0 spiro atoms. The van der Waals surface area contributed by atoms with E-state index in [-0.39, 0.29) is 24.7 Å². The Bertz CT molecular complexity index is 1750. The van der Waals surface area contributed by atoms with Gasteiger partial charge in [-0.3, -0.25) is 18.1 Å². The second-order valence-electron chi connectivity index (χ2n) is 11.9. The Kier molecular flexibility index (Phi) is 11.1. The lowest BCUT2D eigenvalue weighted by atomic mass is 9.98. The molecule has 0 amide bonds. The van der Waals surface area contributed by atoms with Gasteiger partial charge in [-0.1, -0.05) is 85.5 Å². The minimum Gasteiger partial charge on any atom is -0.403 e. The van der Waals surface area contributed by atoms with Crippen LogP contribution >= 0.6 is 27.2 Å². The molecule has 0 radical (unpaired) electrons. The van der Waals surface area contributed by atoms with Crippen LogP contribution in [0.5, 0.6) is 11.5 Å². The summed E-state index contributed by atoms with van der Waals surface area (Å²) in [5, 5.41) is 0.531. The molecule has 0 aliphatic carbocycles. The van der Waals surface area contributed by atoms with Crippen LogP contribution in [0.15, 0.2) is 84.9 Å². The molecule has 4 aromatic rings. The highest BCUT2D eigenvalue weighted by Gasteiger charge is 2.41. The first-order chi connectivity index (χ1) is 23.1. The monoisotopic (exact) mass is 714 g/mol. The standard InChI is InChI=1S/C36H38ClFO8P2/c1-3-4-5-10-26-21-34(45-47(39)41-18-16-32(43-47)27-11-7-14-30(37)23-27)36(29-13-6-9-25(2)20-29)35(22-26)46-48(40)42-19-17-33(44-48)28-12-8-15-31(38)24-28/h6-9,11-15,20-24,32-33H,3-5,10,16-19H2,1-2H3. The Balaban J connectivity index is 1.40. The summed E-state index contributed by atoms with van der Waals surface area (Å²) in [6, 6.07) is 24.3. The van der Waals surface area contributed by atoms with Crippen LogP contribution in [-0.4, -0.2) is 13.2 Å². The van der Waals surface area contributed by atoms with Crippen molar-refractivity contribution in [2.75, 3.05) is 13.2 Å². The van der Waals surface area contributed by atoms with Gasteiger partial charge in [0.25, 0.3) is 0 Å². The fourth-order valence-electron chi connectivity index (χ4n) is 5.82. The number of hydrogen-bond acceptors (Lipinski definition) is 8. The van der Waals surface area contributed by atoms with Crippen LogP contribution in [0.4, 0.5) is 4.39 Å². The summed E-state index contributed by atoms with van der Waals surface area (Å²) in [5.41, 5.74) is 4.05. The van der Waals surface area contributed by atoms with Crippen LogP contribution in [0.2, 0.25) is 5.02 Å². The lowest BCUT2D eigenvalue weighted by molar-refractivity contribution is 0.0507. The number of aryl methyl sites for hydroxylation is 2. The normalized spacial score (nSPS) is 24.2. The van der Waals surface area contributed by atoms with E-state index in [1.165, 1.54) is 12.1 Å². The summed E-state index contributed by atoms with van der Waals surface area (Å²) < 4.78 is 78.2. The number of halogens is 2. The molecule has 254 valence electrons. The van der Waals surface area contributed by atoms with Gasteiger partial charge in [-0.2, -0.15) is 0 Å². The van der Waals surface area contributed by atoms with Crippen molar-refractivity contribution in [3.63, 3.8) is 0 Å². The molecular formula is C36H38ClFO8P2.